The molecule has 0 N–H and O–H groups in total. The third-order valence-electron chi connectivity index (χ3n) is 5.52. The van der Waals surface area contributed by atoms with Gasteiger partial charge in [-0.25, -0.2) is 0 Å². The van der Waals surface area contributed by atoms with Crippen LogP contribution in [-0.2, 0) is 18.1 Å². The lowest BCUT2D eigenvalue weighted by Gasteiger charge is -2.25. The molecule has 8 heteroatoms. The van der Waals surface area contributed by atoms with Gasteiger partial charge in [-0.1, -0.05) is 29.8 Å². The van der Waals surface area contributed by atoms with Crippen LogP contribution >= 0.6 is 0 Å². The van der Waals surface area contributed by atoms with E-state index >= 15 is 0 Å². The standard InChI is InChI=1S/C26H30F3N3O2/c1-17-10-11-19(18(2)14-17)12-13-31(6)24(33)23-22(16-30-32(23)25(3,4)5)34-21-9-7-8-20(15-21)26(27,28)29/h7-11,14-16H,12-13H2,1-6H3. The Kier molecular flexibility index (Phi) is 7.10. The fourth-order valence-electron chi connectivity index (χ4n) is 3.67. The number of aryl methyl sites for hydroxylation is 2. The average Bonchev–Trinajstić information content (AvgIpc) is 3.16. The average molecular weight is 474 g/mol. The van der Waals surface area contributed by atoms with E-state index in [0.717, 1.165) is 23.3 Å². The number of nitrogens with zero attached hydrogens (tertiary/aromatic N) is 3. The quantitative estimate of drug-likeness (QED) is 0.417. The van der Waals surface area contributed by atoms with Crippen molar-refractivity contribution in [1.82, 2.24) is 14.7 Å². The van der Waals surface area contributed by atoms with Gasteiger partial charge in [-0.15, -0.1) is 0 Å². The van der Waals surface area contributed by atoms with E-state index in [2.05, 4.69) is 17.2 Å². The lowest BCUT2D eigenvalue weighted by Crippen LogP contribution is -2.35. The highest BCUT2D eigenvalue weighted by molar-refractivity contribution is 5.95. The summed E-state index contributed by atoms with van der Waals surface area (Å²) < 4.78 is 46.7. The summed E-state index contributed by atoms with van der Waals surface area (Å²) in [5.74, 6) is -0.230. The normalized spacial score (nSPS) is 12.0. The Morgan fingerprint density at radius 2 is 1.79 bits per heavy atom. The zero-order chi connectivity index (χ0) is 25.3. The Hall–Kier alpha value is -3.29. The molecule has 2 aromatic carbocycles. The Bertz CT molecular complexity index is 1180. The third kappa shape index (κ3) is 5.79. The summed E-state index contributed by atoms with van der Waals surface area (Å²) in [6.45, 7) is 10.2. The molecule has 1 heterocycles. The Morgan fingerprint density at radius 3 is 2.41 bits per heavy atom. The van der Waals surface area contributed by atoms with Crippen LogP contribution in [0.4, 0.5) is 13.2 Å². The molecule has 0 radical (unpaired) electrons. The lowest BCUT2D eigenvalue weighted by atomic mass is 10.0. The molecule has 1 amide bonds. The maximum Gasteiger partial charge on any atom is 0.416 e. The molecule has 0 aliphatic carbocycles. The number of likely N-dealkylation sites (N-methyl/N-ethyl adjacent to an activating group) is 1. The van der Waals surface area contributed by atoms with E-state index in [4.69, 9.17) is 4.74 Å². The van der Waals surface area contributed by atoms with Gasteiger partial charge in [-0.05, 0) is 70.4 Å². The maximum atomic E-state index is 13.5. The third-order valence-corrected chi connectivity index (χ3v) is 5.52. The number of benzene rings is 2. The molecule has 0 bridgehead atoms. The Labute approximate surface area is 198 Å². The molecule has 3 rings (SSSR count). The van der Waals surface area contributed by atoms with Crippen LogP contribution in [0.5, 0.6) is 11.5 Å². The van der Waals surface area contributed by atoms with Crippen molar-refractivity contribution >= 4 is 5.91 Å². The molecule has 0 saturated heterocycles. The molecule has 0 atom stereocenters. The predicted molar refractivity (Wildman–Crippen MR) is 125 cm³/mol. The van der Waals surface area contributed by atoms with Gasteiger partial charge in [0.1, 0.15) is 5.75 Å². The highest BCUT2D eigenvalue weighted by Gasteiger charge is 2.32. The molecule has 1 aromatic heterocycles. The number of hydrogen-bond acceptors (Lipinski definition) is 3. The van der Waals surface area contributed by atoms with Crippen molar-refractivity contribution in [2.75, 3.05) is 13.6 Å². The molecule has 0 aliphatic rings. The first-order valence-corrected chi connectivity index (χ1v) is 11.0. The minimum Gasteiger partial charge on any atom is -0.453 e. The lowest BCUT2D eigenvalue weighted by molar-refractivity contribution is -0.137. The van der Waals surface area contributed by atoms with Crippen molar-refractivity contribution in [1.29, 1.82) is 0 Å². The summed E-state index contributed by atoms with van der Waals surface area (Å²) in [7, 11) is 1.69. The number of hydrogen-bond donors (Lipinski definition) is 0. The van der Waals surface area contributed by atoms with Crippen molar-refractivity contribution in [3.63, 3.8) is 0 Å². The molecular formula is C26H30F3N3O2. The van der Waals surface area contributed by atoms with Crippen molar-refractivity contribution in [2.24, 2.45) is 0 Å². The molecular weight excluding hydrogens is 443 g/mol. The summed E-state index contributed by atoms with van der Waals surface area (Å²) in [4.78, 5) is 15.1. The van der Waals surface area contributed by atoms with Crippen LogP contribution in [0.2, 0.25) is 0 Å². The van der Waals surface area contributed by atoms with Crippen molar-refractivity contribution < 1.29 is 22.7 Å². The van der Waals surface area contributed by atoms with Crippen LogP contribution in [0.25, 0.3) is 0 Å². The van der Waals surface area contributed by atoms with E-state index < -0.39 is 17.3 Å². The van der Waals surface area contributed by atoms with Gasteiger partial charge < -0.3 is 9.64 Å². The van der Waals surface area contributed by atoms with Gasteiger partial charge in [0.2, 0.25) is 0 Å². The van der Waals surface area contributed by atoms with E-state index in [1.165, 1.54) is 23.9 Å². The fraction of sp³-hybridized carbons (Fsp3) is 0.385. The second-order valence-corrected chi connectivity index (χ2v) is 9.47. The topological polar surface area (TPSA) is 47.4 Å². The van der Waals surface area contributed by atoms with Crippen LogP contribution in [0.15, 0.2) is 48.7 Å². The van der Waals surface area contributed by atoms with Crippen LogP contribution in [0.3, 0.4) is 0 Å². The van der Waals surface area contributed by atoms with Crippen molar-refractivity contribution in [3.05, 3.63) is 76.6 Å². The van der Waals surface area contributed by atoms with Crippen LogP contribution in [0, 0.1) is 13.8 Å². The van der Waals surface area contributed by atoms with Gasteiger partial charge in [0, 0.05) is 13.6 Å². The van der Waals surface area contributed by atoms with E-state index in [1.54, 1.807) is 16.6 Å². The highest BCUT2D eigenvalue weighted by Crippen LogP contribution is 2.34. The molecule has 0 spiro atoms. The smallest absolute Gasteiger partial charge is 0.416 e. The zero-order valence-corrected chi connectivity index (χ0v) is 20.3. The van der Waals surface area contributed by atoms with Crippen molar-refractivity contribution in [3.8, 4) is 11.5 Å². The first-order valence-electron chi connectivity index (χ1n) is 11.0. The van der Waals surface area contributed by atoms with Gasteiger partial charge in [-0.2, -0.15) is 18.3 Å². The number of aromatic nitrogens is 2. The number of alkyl halides is 3. The van der Waals surface area contributed by atoms with Gasteiger partial charge in [-0.3, -0.25) is 9.48 Å². The number of carbonyl (C=O) groups is 1. The number of halogens is 3. The molecule has 182 valence electrons. The number of amides is 1. The van der Waals surface area contributed by atoms with E-state index in [0.29, 0.717) is 13.0 Å². The molecule has 0 saturated carbocycles. The summed E-state index contributed by atoms with van der Waals surface area (Å²) in [5.41, 5.74) is 2.30. The highest BCUT2D eigenvalue weighted by atomic mass is 19.4. The van der Waals surface area contributed by atoms with Gasteiger partial charge in [0.15, 0.2) is 11.4 Å². The van der Waals surface area contributed by atoms with Crippen LogP contribution in [0.1, 0.15) is 53.5 Å². The van der Waals surface area contributed by atoms with Gasteiger partial charge in [0.05, 0.1) is 17.3 Å². The Morgan fingerprint density at radius 1 is 1.09 bits per heavy atom. The molecule has 3 aromatic rings. The van der Waals surface area contributed by atoms with E-state index in [9.17, 15) is 18.0 Å². The minimum absolute atomic E-state index is 0.0183. The zero-order valence-electron chi connectivity index (χ0n) is 20.3. The first kappa shape index (κ1) is 25.3. The second-order valence-electron chi connectivity index (χ2n) is 9.47. The van der Waals surface area contributed by atoms with Crippen molar-refractivity contribution in [2.45, 2.75) is 52.8 Å². The fourth-order valence-corrected chi connectivity index (χ4v) is 3.67. The molecule has 34 heavy (non-hydrogen) atoms. The number of rotatable bonds is 6. The Balaban J connectivity index is 1.88. The maximum absolute atomic E-state index is 13.5. The van der Waals surface area contributed by atoms with Gasteiger partial charge >= 0.3 is 6.18 Å². The molecule has 0 unspecified atom stereocenters. The SMILES string of the molecule is Cc1ccc(CCN(C)C(=O)c2c(Oc3cccc(C(F)(F)F)c3)cnn2C(C)(C)C)c(C)c1. The number of ether oxygens (including phenoxy) is 1. The van der Waals surface area contributed by atoms with Crippen LogP contribution < -0.4 is 4.74 Å². The van der Waals surface area contributed by atoms with Gasteiger partial charge in [0.25, 0.3) is 5.91 Å². The molecule has 0 aliphatic heterocycles. The largest absolute Gasteiger partial charge is 0.453 e. The predicted octanol–water partition coefficient (Wildman–Crippen LogP) is 6.38. The summed E-state index contributed by atoms with van der Waals surface area (Å²) >= 11 is 0. The molecule has 0 fully saturated rings. The minimum atomic E-state index is -4.50. The monoisotopic (exact) mass is 473 g/mol. The number of carbonyl (C=O) groups excluding carboxylic acids is 1. The van der Waals surface area contributed by atoms with Crippen LogP contribution in [-0.4, -0.2) is 34.2 Å². The van der Waals surface area contributed by atoms with E-state index in [-0.39, 0.29) is 23.1 Å². The summed E-state index contributed by atoms with van der Waals surface area (Å²) in [5, 5.41) is 4.32. The first-order chi connectivity index (χ1) is 15.8. The summed E-state index contributed by atoms with van der Waals surface area (Å²) in [6.07, 6.45) is -2.46. The summed E-state index contributed by atoms with van der Waals surface area (Å²) in [6, 6.07) is 10.8. The molecule has 5 nitrogen and oxygen atoms in total. The second kappa shape index (κ2) is 9.52. The van der Waals surface area contributed by atoms with E-state index in [1.807, 2.05) is 40.7 Å².